The Kier molecular flexibility index (Phi) is 5.43. The SMILES string of the molecule is COC(=O)c1ccc(CSc2nc3sc4c(c3c(=O)n2C[C@@H]2CCCO2)CCC4)o1. The van der Waals surface area contributed by atoms with Gasteiger partial charge in [-0.2, -0.15) is 0 Å². The molecule has 1 fully saturated rings. The Labute approximate surface area is 181 Å². The van der Waals surface area contributed by atoms with Crippen LogP contribution in [0.3, 0.4) is 0 Å². The lowest BCUT2D eigenvalue weighted by Crippen LogP contribution is -2.28. The van der Waals surface area contributed by atoms with Crippen LogP contribution >= 0.6 is 23.1 Å². The van der Waals surface area contributed by atoms with Crippen molar-refractivity contribution in [1.29, 1.82) is 0 Å². The first-order valence-electron chi connectivity index (χ1n) is 10.1. The fourth-order valence-corrected chi connectivity index (χ4v) is 6.33. The summed E-state index contributed by atoms with van der Waals surface area (Å²) in [6.45, 7) is 1.26. The average Bonchev–Trinajstić information content (AvgIpc) is 3.52. The molecule has 0 N–H and O–H groups in total. The smallest absolute Gasteiger partial charge is 0.373 e. The van der Waals surface area contributed by atoms with Crippen molar-refractivity contribution in [1.82, 2.24) is 9.55 Å². The van der Waals surface area contributed by atoms with Gasteiger partial charge in [0.1, 0.15) is 10.6 Å². The minimum absolute atomic E-state index is 0.0343. The summed E-state index contributed by atoms with van der Waals surface area (Å²) in [5, 5.41) is 1.46. The van der Waals surface area contributed by atoms with E-state index in [4.69, 9.17) is 14.1 Å². The number of rotatable bonds is 6. The van der Waals surface area contributed by atoms with Crippen LogP contribution in [0.4, 0.5) is 0 Å². The highest BCUT2D eigenvalue weighted by molar-refractivity contribution is 7.98. The predicted molar refractivity (Wildman–Crippen MR) is 114 cm³/mol. The number of fused-ring (bicyclic) bond motifs is 3. The van der Waals surface area contributed by atoms with Crippen LogP contribution in [0.15, 0.2) is 26.5 Å². The number of carbonyl (C=O) groups is 1. The molecule has 1 atom stereocenters. The van der Waals surface area contributed by atoms with E-state index in [0.717, 1.165) is 48.9 Å². The number of aryl methyl sites for hydroxylation is 2. The molecule has 4 heterocycles. The number of hydrogen-bond donors (Lipinski definition) is 0. The second-order valence-corrected chi connectivity index (χ2v) is 9.55. The van der Waals surface area contributed by atoms with Gasteiger partial charge in [0.05, 0.1) is 30.9 Å². The summed E-state index contributed by atoms with van der Waals surface area (Å²) in [6.07, 6.45) is 5.13. The van der Waals surface area contributed by atoms with Crippen molar-refractivity contribution < 1.29 is 18.7 Å². The van der Waals surface area contributed by atoms with Crippen molar-refractivity contribution >= 4 is 39.3 Å². The maximum atomic E-state index is 13.5. The second kappa shape index (κ2) is 8.20. The van der Waals surface area contributed by atoms with Crippen molar-refractivity contribution in [3.8, 4) is 0 Å². The molecule has 3 aromatic rings. The van der Waals surface area contributed by atoms with Gasteiger partial charge in [-0.05, 0) is 49.8 Å². The maximum absolute atomic E-state index is 13.5. The number of nitrogens with zero attached hydrogens (tertiary/aromatic N) is 2. The van der Waals surface area contributed by atoms with Gasteiger partial charge in [-0.15, -0.1) is 11.3 Å². The Balaban J connectivity index is 1.48. The number of thiophene rings is 1. The number of ether oxygens (including phenoxy) is 2. The normalized spacial score (nSPS) is 18.2. The molecule has 1 aliphatic heterocycles. The zero-order valence-corrected chi connectivity index (χ0v) is 18.3. The number of aromatic nitrogens is 2. The van der Waals surface area contributed by atoms with Crippen LogP contribution in [0.2, 0.25) is 0 Å². The summed E-state index contributed by atoms with van der Waals surface area (Å²) >= 11 is 3.09. The Hall–Kier alpha value is -2.10. The molecule has 9 heteroatoms. The average molecular weight is 447 g/mol. The molecule has 0 bridgehead atoms. The van der Waals surface area contributed by atoms with E-state index in [-0.39, 0.29) is 17.4 Å². The highest BCUT2D eigenvalue weighted by Gasteiger charge is 2.25. The molecule has 1 aliphatic carbocycles. The molecule has 1 saturated heterocycles. The second-order valence-electron chi connectivity index (χ2n) is 7.53. The van der Waals surface area contributed by atoms with E-state index in [2.05, 4.69) is 4.74 Å². The van der Waals surface area contributed by atoms with Gasteiger partial charge in [-0.25, -0.2) is 9.78 Å². The molecule has 0 unspecified atom stereocenters. The Morgan fingerprint density at radius 1 is 1.37 bits per heavy atom. The third-order valence-corrected chi connectivity index (χ3v) is 7.78. The van der Waals surface area contributed by atoms with Crippen LogP contribution in [0.1, 0.15) is 46.0 Å². The third-order valence-electron chi connectivity index (χ3n) is 5.59. The van der Waals surface area contributed by atoms with E-state index in [9.17, 15) is 9.59 Å². The molecular weight excluding hydrogens is 424 g/mol. The quantitative estimate of drug-likeness (QED) is 0.323. The molecule has 0 aromatic carbocycles. The van der Waals surface area contributed by atoms with Crippen LogP contribution in [0.5, 0.6) is 0 Å². The van der Waals surface area contributed by atoms with Gasteiger partial charge in [-0.1, -0.05) is 11.8 Å². The van der Waals surface area contributed by atoms with Gasteiger partial charge in [0.2, 0.25) is 5.76 Å². The monoisotopic (exact) mass is 446 g/mol. The molecular formula is C21H22N2O5S2. The van der Waals surface area contributed by atoms with Gasteiger partial charge in [0.25, 0.3) is 5.56 Å². The predicted octanol–water partition coefficient (Wildman–Crippen LogP) is 3.80. The minimum atomic E-state index is -0.505. The Morgan fingerprint density at radius 3 is 3.07 bits per heavy atom. The first-order chi connectivity index (χ1) is 14.6. The highest BCUT2D eigenvalue weighted by atomic mass is 32.2. The summed E-state index contributed by atoms with van der Waals surface area (Å²) in [6, 6.07) is 3.35. The number of esters is 1. The summed E-state index contributed by atoms with van der Waals surface area (Å²) in [4.78, 5) is 32.1. The Bertz CT molecular complexity index is 1160. The van der Waals surface area contributed by atoms with E-state index in [0.29, 0.717) is 23.2 Å². The number of hydrogen-bond acceptors (Lipinski definition) is 8. The lowest BCUT2D eigenvalue weighted by atomic mass is 10.2. The largest absolute Gasteiger partial charge is 0.463 e. The summed E-state index contributed by atoms with van der Waals surface area (Å²) in [5.74, 6) is 0.759. The molecule has 0 spiro atoms. The fourth-order valence-electron chi connectivity index (χ4n) is 4.12. The molecule has 30 heavy (non-hydrogen) atoms. The lowest BCUT2D eigenvalue weighted by Gasteiger charge is -2.15. The summed E-state index contributed by atoms with van der Waals surface area (Å²) in [7, 11) is 1.32. The van der Waals surface area contributed by atoms with Gasteiger partial charge < -0.3 is 13.9 Å². The zero-order valence-electron chi connectivity index (χ0n) is 16.6. The van der Waals surface area contributed by atoms with Gasteiger partial charge >= 0.3 is 5.97 Å². The Morgan fingerprint density at radius 2 is 2.27 bits per heavy atom. The third kappa shape index (κ3) is 3.59. The van der Waals surface area contributed by atoms with Crippen molar-refractivity contribution in [2.75, 3.05) is 13.7 Å². The zero-order chi connectivity index (χ0) is 20.7. The van der Waals surface area contributed by atoms with Crippen LogP contribution in [0.25, 0.3) is 10.2 Å². The number of methoxy groups -OCH3 is 1. The number of furan rings is 1. The molecule has 7 nitrogen and oxygen atoms in total. The van der Waals surface area contributed by atoms with Crippen molar-refractivity contribution in [3.63, 3.8) is 0 Å². The minimum Gasteiger partial charge on any atom is -0.463 e. The van der Waals surface area contributed by atoms with E-state index < -0.39 is 5.97 Å². The van der Waals surface area contributed by atoms with Crippen molar-refractivity contribution in [2.45, 2.75) is 55.7 Å². The number of carbonyl (C=O) groups excluding carboxylic acids is 1. The molecule has 0 radical (unpaired) electrons. The van der Waals surface area contributed by atoms with Crippen molar-refractivity contribution in [3.05, 3.63) is 44.4 Å². The van der Waals surface area contributed by atoms with Crippen LogP contribution in [-0.2, 0) is 34.6 Å². The van der Waals surface area contributed by atoms with E-state index >= 15 is 0 Å². The molecule has 5 rings (SSSR count). The first kappa shape index (κ1) is 19.8. The molecule has 3 aromatic heterocycles. The standard InChI is InChI=1S/C21H22N2O5S2/c1-26-20(25)15-8-7-13(28-15)11-29-21-22-18-17(14-5-2-6-16(14)30-18)19(24)23(21)10-12-4-3-9-27-12/h7-8,12H,2-6,9-11H2,1H3/t12-/m0/s1. The van der Waals surface area contributed by atoms with Crippen LogP contribution in [0, 0.1) is 0 Å². The van der Waals surface area contributed by atoms with Crippen LogP contribution < -0.4 is 5.56 Å². The van der Waals surface area contributed by atoms with E-state index in [1.807, 2.05) is 0 Å². The maximum Gasteiger partial charge on any atom is 0.373 e. The lowest BCUT2D eigenvalue weighted by molar-refractivity contribution is 0.0563. The van der Waals surface area contributed by atoms with E-state index in [1.165, 1.54) is 29.3 Å². The highest BCUT2D eigenvalue weighted by Crippen LogP contribution is 2.36. The van der Waals surface area contributed by atoms with Gasteiger partial charge in [0, 0.05) is 11.5 Å². The van der Waals surface area contributed by atoms with Crippen molar-refractivity contribution in [2.24, 2.45) is 0 Å². The molecule has 0 amide bonds. The first-order valence-corrected chi connectivity index (χ1v) is 11.9. The van der Waals surface area contributed by atoms with Crippen LogP contribution in [-0.4, -0.2) is 35.3 Å². The van der Waals surface area contributed by atoms with E-state index in [1.54, 1.807) is 28.0 Å². The topological polar surface area (TPSA) is 83.6 Å². The fraction of sp³-hybridized carbons (Fsp3) is 0.476. The summed E-state index contributed by atoms with van der Waals surface area (Å²) < 4.78 is 17.8. The van der Waals surface area contributed by atoms with Gasteiger partial charge in [-0.3, -0.25) is 9.36 Å². The molecule has 158 valence electrons. The summed E-state index contributed by atoms with van der Waals surface area (Å²) in [5.41, 5.74) is 1.23. The van der Waals surface area contributed by atoms with Gasteiger partial charge in [0.15, 0.2) is 5.16 Å². The molecule has 0 saturated carbocycles. The number of thioether (sulfide) groups is 1. The molecule has 2 aliphatic rings.